The Balaban J connectivity index is 1.12. The fourth-order valence-corrected chi connectivity index (χ4v) is 15.7. The Labute approximate surface area is 345 Å². The van der Waals surface area contributed by atoms with Crippen molar-refractivity contribution in [3.63, 3.8) is 0 Å². The lowest BCUT2D eigenvalue weighted by Gasteiger charge is -2.32. The van der Waals surface area contributed by atoms with Gasteiger partial charge < -0.3 is 4.57 Å². The van der Waals surface area contributed by atoms with E-state index in [1.807, 2.05) is 0 Å². The summed E-state index contributed by atoms with van der Waals surface area (Å²) in [7, 11) is -2.87. The molecule has 3 heterocycles. The summed E-state index contributed by atoms with van der Waals surface area (Å²) in [4.78, 5) is 11.3. The minimum Gasteiger partial charge on any atom is -0.309 e. The molecule has 0 saturated heterocycles. The smallest absolute Gasteiger partial charge is 0.185 e. The Bertz CT molecular complexity index is 3250. The Morgan fingerprint density at radius 2 is 1.05 bits per heavy atom. The molecule has 8 aromatic carbocycles. The zero-order valence-corrected chi connectivity index (χ0v) is 33.9. The van der Waals surface area contributed by atoms with Crippen molar-refractivity contribution in [1.29, 1.82) is 0 Å². The van der Waals surface area contributed by atoms with Crippen LogP contribution in [-0.4, -0.2) is 22.6 Å². The van der Waals surface area contributed by atoms with Crippen molar-refractivity contribution in [3.05, 3.63) is 211 Å². The molecule has 59 heavy (non-hydrogen) atoms. The third-order valence-corrected chi connectivity index (χ3v) is 17.9. The van der Waals surface area contributed by atoms with Crippen LogP contribution in [0.25, 0.3) is 72.5 Å². The van der Waals surface area contributed by atoms with Crippen LogP contribution in [0.2, 0.25) is 0 Å². The summed E-state index contributed by atoms with van der Waals surface area (Å²) in [5.74, 6) is 0.725. The van der Waals surface area contributed by atoms with Gasteiger partial charge in [0, 0.05) is 43.8 Å². The molecule has 0 spiro atoms. The van der Waals surface area contributed by atoms with Crippen LogP contribution in [0.3, 0.4) is 0 Å². The van der Waals surface area contributed by atoms with Gasteiger partial charge in [-0.3, -0.25) is 0 Å². The minimum absolute atomic E-state index is 0.107. The highest BCUT2D eigenvalue weighted by Crippen LogP contribution is 2.51. The molecule has 10 aromatic rings. The van der Waals surface area contributed by atoms with E-state index in [1.165, 1.54) is 70.4 Å². The number of rotatable bonds is 5. The predicted octanol–water partition coefficient (Wildman–Crippen LogP) is 10.6. The minimum atomic E-state index is -2.87. The van der Waals surface area contributed by atoms with E-state index >= 15 is 0 Å². The van der Waals surface area contributed by atoms with Crippen LogP contribution in [0.4, 0.5) is 0 Å². The number of fused-ring (bicyclic) bond motifs is 9. The number of aromatic nitrogens is 3. The van der Waals surface area contributed by atoms with Crippen molar-refractivity contribution < 1.29 is 0 Å². The van der Waals surface area contributed by atoms with Crippen LogP contribution in [0.5, 0.6) is 0 Å². The Morgan fingerprint density at radius 1 is 0.441 bits per heavy atom. The van der Waals surface area contributed by atoms with E-state index < -0.39 is 8.07 Å². The Hall–Kier alpha value is -7.14. The average molecular weight is 770 g/mol. The molecule has 4 heteroatoms. The number of para-hydroxylation sites is 1. The van der Waals surface area contributed by atoms with Crippen molar-refractivity contribution >= 4 is 50.6 Å². The SMILES string of the molecule is CC1(C)c2ccccc2-c2cc3c4ccccc4n(-c4cccc(-c5nc(-c6ccccc6)c6c(n5)-c5ccccc5[Si]6(c5ccccc5)c5ccccc5)c4)c3cc21. The molecule has 0 bridgehead atoms. The van der Waals surface area contributed by atoms with Gasteiger partial charge in [0.25, 0.3) is 0 Å². The van der Waals surface area contributed by atoms with Gasteiger partial charge in [-0.2, -0.15) is 0 Å². The lowest BCUT2D eigenvalue weighted by Crippen LogP contribution is -2.73. The van der Waals surface area contributed by atoms with Crippen LogP contribution in [-0.2, 0) is 5.41 Å². The summed E-state index contributed by atoms with van der Waals surface area (Å²) < 4.78 is 2.44. The first-order chi connectivity index (χ1) is 29.0. The van der Waals surface area contributed by atoms with Crippen LogP contribution < -0.4 is 20.7 Å². The summed E-state index contributed by atoms with van der Waals surface area (Å²) in [5, 5.41) is 7.78. The van der Waals surface area contributed by atoms with Gasteiger partial charge in [-0.25, -0.2) is 9.97 Å². The average Bonchev–Trinajstić information content (AvgIpc) is 3.87. The van der Waals surface area contributed by atoms with Gasteiger partial charge in [-0.05, 0) is 68.1 Å². The Kier molecular flexibility index (Phi) is 7.29. The van der Waals surface area contributed by atoms with Crippen LogP contribution in [0.15, 0.2) is 200 Å². The van der Waals surface area contributed by atoms with E-state index in [0.717, 1.165) is 34.0 Å². The predicted molar refractivity (Wildman–Crippen MR) is 247 cm³/mol. The summed E-state index contributed by atoms with van der Waals surface area (Å²) in [6, 6.07) is 73.4. The lowest BCUT2D eigenvalue weighted by atomic mass is 9.82. The van der Waals surface area contributed by atoms with Gasteiger partial charge in [0.05, 0.1) is 22.4 Å². The molecule has 3 nitrogen and oxygen atoms in total. The second-order valence-corrected chi connectivity index (χ2v) is 20.2. The van der Waals surface area contributed by atoms with E-state index in [-0.39, 0.29) is 5.41 Å². The van der Waals surface area contributed by atoms with Crippen LogP contribution in [0, 0.1) is 0 Å². The molecule has 0 N–H and O–H groups in total. The van der Waals surface area contributed by atoms with Crippen molar-refractivity contribution in [2.45, 2.75) is 19.3 Å². The molecule has 0 saturated carbocycles. The molecular formula is C55H39N3Si. The molecule has 0 amide bonds. The lowest BCUT2D eigenvalue weighted by molar-refractivity contribution is 0.661. The van der Waals surface area contributed by atoms with E-state index in [1.54, 1.807) is 0 Å². The molecule has 278 valence electrons. The van der Waals surface area contributed by atoms with Crippen LogP contribution in [0.1, 0.15) is 25.0 Å². The van der Waals surface area contributed by atoms with Gasteiger partial charge in [-0.1, -0.05) is 184 Å². The highest BCUT2D eigenvalue weighted by atomic mass is 28.3. The number of benzene rings is 8. The first-order valence-electron chi connectivity index (χ1n) is 20.5. The first kappa shape index (κ1) is 33.9. The maximum Gasteiger partial charge on any atom is 0.185 e. The zero-order valence-electron chi connectivity index (χ0n) is 32.9. The van der Waals surface area contributed by atoms with Gasteiger partial charge in [0.15, 0.2) is 13.9 Å². The van der Waals surface area contributed by atoms with Crippen LogP contribution >= 0.6 is 0 Å². The summed E-state index contributed by atoms with van der Waals surface area (Å²) in [6.07, 6.45) is 0. The molecule has 0 atom stereocenters. The van der Waals surface area contributed by atoms with E-state index in [0.29, 0.717) is 0 Å². The van der Waals surface area contributed by atoms with E-state index in [2.05, 4.69) is 219 Å². The third-order valence-electron chi connectivity index (χ3n) is 13.1. The molecule has 0 radical (unpaired) electrons. The molecule has 2 aliphatic rings. The topological polar surface area (TPSA) is 30.7 Å². The number of hydrogen-bond donors (Lipinski definition) is 0. The highest BCUT2D eigenvalue weighted by Gasteiger charge is 2.51. The molecular weight excluding hydrogens is 731 g/mol. The quantitative estimate of drug-likeness (QED) is 0.163. The molecule has 0 fully saturated rings. The maximum absolute atomic E-state index is 5.66. The monoisotopic (exact) mass is 769 g/mol. The maximum atomic E-state index is 5.66. The number of hydrogen-bond acceptors (Lipinski definition) is 2. The van der Waals surface area contributed by atoms with Crippen molar-refractivity contribution in [2.24, 2.45) is 0 Å². The second-order valence-electron chi connectivity index (χ2n) is 16.5. The zero-order chi connectivity index (χ0) is 39.3. The largest absolute Gasteiger partial charge is 0.309 e. The normalized spacial score (nSPS) is 14.2. The van der Waals surface area contributed by atoms with E-state index in [9.17, 15) is 0 Å². The third kappa shape index (κ3) is 4.75. The van der Waals surface area contributed by atoms with Gasteiger partial charge in [0.1, 0.15) is 0 Å². The number of nitrogens with zero attached hydrogens (tertiary/aromatic N) is 3. The summed E-state index contributed by atoms with van der Waals surface area (Å²) in [5.41, 5.74) is 14.1. The Morgan fingerprint density at radius 3 is 1.81 bits per heavy atom. The molecule has 2 aromatic heterocycles. The van der Waals surface area contributed by atoms with Crippen molar-refractivity contribution in [3.8, 4) is 50.7 Å². The standard InChI is InChI=1S/C55H39N3Si/c1-55(2)46-30-15-12-27-41(46)44-34-45-42-28-13-16-31-48(42)58(49(45)35-47(44)55)38-22-18-21-37(33-38)54-56-51(36-19-6-3-7-20-36)53-52(57-54)43-29-14-17-32-50(43)59(53,39-23-8-4-9-24-39)40-25-10-5-11-26-40/h3-35H,1-2H3. The fourth-order valence-electron chi connectivity index (χ4n) is 10.5. The fraction of sp³-hybridized carbons (Fsp3) is 0.0545. The van der Waals surface area contributed by atoms with Gasteiger partial charge >= 0.3 is 0 Å². The molecule has 1 aliphatic heterocycles. The first-order valence-corrected chi connectivity index (χ1v) is 22.5. The highest BCUT2D eigenvalue weighted by molar-refractivity contribution is 7.22. The van der Waals surface area contributed by atoms with Gasteiger partial charge in [-0.15, -0.1) is 0 Å². The molecule has 0 unspecified atom stereocenters. The molecule has 12 rings (SSSR count). The van der Waals surface area contributed by atoms with Gasteiger partial charge in [0.2, 0.25) is 0 Å². The van der Waals surface area contributed by atoms with Crippen molar-refractivity contribution in [2.75, 3.05) is 0 Å². The second kappa shape index (κ2) is 12.7. The summed E-state index contributed by atoms with van der Waals surface area (Å²) in [6.45, 7) is 4.72. The summed E-state index contributed by atoms with van der Waals surface area (Å²) >= 11 is 0. The van der Waals surface area contributed by atoms with Crippen molar-refractivity contribution in [1.82, 2.24) is 14.5 Å². The molecule has 1 aliphatic carbocycles. The van der Waals surface area contributed by atoms with E-state index in [4.69, 9.17) is 9.97 Å².